The number of hydrogen-bond donors (Lipinski definition) is 2. The van der Waals surface area contributed by atoms with Crippen LogP contribution in [0, 0.1) is 0 Å². The molecule has 5 nitrogen and oxygen atoms in total. The van der Waals surface area contributed by atoms with Gasteiger partial charge in [0.25, 0.3) is 0 Å². The third kappa shape index (κ3) is 6.14. The molecule has 5 heteroatoms. The number of amides is 1. The number of nitrogens with two attached hydrogens (primary N) is 1. The van der Waals surface area contributed by atoms with Gasteiger partial charge in [-0.3, -0.25) is 0 Å². The van der Waals surface area contributed by atoms with Crippen molar-refractivity contribution in [2.24, 2.45) is 5.73 Å². The van der Waals surface area contributed by atoms with Crippen LogP contribution in [-0.4, -0.2) is 43.2 Å². The lowest BCUT2D eigenvalue weighted by Crippen LogP contribution is -2.36. The molecule has 0 aliphatic carbocycles. The predicted molar refractivity (Wildman–Crippen MR) is 82.9 cm³/mol. The molecule has 1 atom stereocenters. The quantitative estimate of drug-likeness (QED) is 0.867. The first-order valence-corrected chi connectivity index (χ1v) is 7.66. The topological polar surface area (TPSA) is 67.6 Å². The van der Waals surface area contributed by atoms with Crippen molar-refractivity contribution in [1.29, 1.82) is 0 Å². The van der Waals surface area contributed by atoms with Crippen molar-refractivity contribution >= 4 is 6.09 Å². The minimum Gasteiger partial charge on any atom is -0.445 e. The molecule has 0 unspecified atom stereocenters. The molecule has 1 aromatic carbocycles. The Morgan fingerprint density at radius 1 is 1.29 bits per heavy atom. The average Bonchev–Trinajstić information content (AvgIpc) is 2.71. The Balaban J connectivity index is 1.58. The van der Waals surface area contributed by atoms with Gasteiger partial charge >= 0.3 is 6.09 Å². The molecule has 0 radical (unpaired) electrons. The number of rotatable bonds is 5. The van der Waals surface area contributed by atoms with Crippen LogP contribution >= 0.6 is 0 Å². The molecule has 0 spiro atoms. The molecule has 1 amide bonds. The molecule has 0 saturated carbocycles. The van der Waals surface area contributed by atoms with E-state index >= 15 is 0 Å². The monoisotopic (exact) mass is 291 g/mol. The first-order chi connectivity index (χ1) is 10.2. The smallest absolute Gasteiger partial charge is 0.407 e. The summed E-state index contributed by atoms with van der Waals surface area (Å²) in [5.41, 5.74) is 6.95. The second kappa shape index (κ2) is 8.64. The maximum absolute atomic E-state index is 11.6. The number of alkyl carbamates (subject to hydrolysis) is 1. The Labute approximate surface area is 126 Å². The van der Waals surface area contributed by atoms with Gasteiger partial charge in [0.2, 0.25) is 0 Å². The zero-order valence-electron chi connectivity index (χ0n) is 12.5. The maximum Gasteiger partial charge on any atom is 0.407 e. The van der Waals surface area contributed by atoms with Crippen molar-refractivity contribution in [2.45, 2.75) is 31.9 Å². The molecule has 2 rings (SSSR count). The summed E-state index contributed by atoms with van der Waals surface area (Å²) in [7, 11) is 0. The van der Waals surface area contributed by atoms with Crippen LogP contribution in [0.2, 0.25) is 0 Å². The third-order valence-corrected chi connectivity index (χ3v) is 3.78. The van der Waals surface area contributed by atoms with E-state index in [4.69, 9.17) is 10.5 Å². The lowest BCUT2D eigenvalue weighted by atomic mass is 10.1. The van der Waals surface area contributed by atoms with Crippen LogP contribution in [0.4, 0.5) is 4.79 Å². The van der Waals surface area contributed by atoms with Crippen molar-refractivity contribution < 1.29 is 9.53 Å². The summed E-state index contributed by atoms with van der Waals surface area (Å²) in [5.74, 6) is 0. The summed E-state index contributed by atoms with van der Waals surface area (Å²) in [6, 6.07) is 10.0. The molecule has 21 heavy (non-hydrogen) atoms. The van der Waals surface area contributed by atoms with Crippen LogP contribution in [0.5, 0.6) is 0 Å². The highest BCUT2D eigenvalue weighted by molar-refractivity contribution is 5.67. The van der Waals surface area contributed by atoms with Crippen molar-refractivity contribution in [3.8, 4) is 0 Å². The first kappa shape index (κ1) is 15.8. The Bertz CT molecular complexity index is 425. The average molecular weight is 291 g/mol. The van der Waals surface area contributed by atoms with Gasteiger partial charge in [0, 0.05) is 19.1 Å². The number of hydrogen-bond acceptors (Lipinski definition) is 4. The lowest BCUT2D eigenvalue weighted by Gasteiger charge is -2.19. The summed E-state index contributed by atoms with van der Waals surface area (Å²) < 4.78 is 5.17. The number of nitrogens with one attached hydrogen (secondary N) is 1. The van der Waals surface area contributed by atoms with E-state index in [0.29, 0.717) is 19.2 Å². The molecule has 1 fully saturated rings. The highest BCUT2D eigenvalue weighted by atomic mass is 16.5. The molecular formula is C16H25N3O2. The molecule has 3 N–H and O–H groups in total. The predicted octanol–water partition coefficient (Wildman–Crippen LogP) is 1.73. The molecule has 1 aromatic rings. The zero-order chi connectivity index (χ0) is 14.9. The third-order valence-electron chi connectivity index (χ3n) is 3.78. The number of likely N-dealkylation sites (tertiary alicyclic amines) is 1. The van der Waals surface area contributed by atoms with Gasteiger partial charge in [-0.15, -0.1) is 0 Å². The number of carbonyl (C=O) groups is 1. The fourth-order valence-electron chi connectivity index (χ4n) is 2.50. The van der Waals surface area contributed by atoms with Crippen LogP contribution in [-0.2, 0) is 11.3 Å². The Kier molecular flexibility index (Phi) is 6.50. The standard InChI is InChI=1S/C16H25N3O2/c17-15-7-4-10-19(11-8-15)12-9-18-16(20)21-13-14-5-2-1-3-6-14/h1-3,5-6,15H,4,7-13,17H2,(H,18,20)/t15-/m0/s1. The molecule has 1 aliphatic heterocycles. The summed E-state index contributed by atoms with van der Waals surface area (Å²) in [6.45, 7) is 3.86. The highest BCUT2D eigenvalue weighted by Crippen LogP contribution is 2.08. The van der Waals surface area contributed by atoms with E-state index in [0.717, 1.165) is 44.5 Å². The molecular weight excluding hydrogens is 266 g/mol. The minimum atomic E-state index is -0.356. The molecule has 1 saturated heterocycles. The van der Waals surface area contributed by atoms with Crippen molar-refractivity contribution in [1.82, 2.24) is 10.2 Å². The summed E-state index contributed by atoms with van der Waals surface area (Å²) in [5, 5.41) is 2.80. The Morgan fingerprint density at radius 2 is 2.10 bits per heavy atom. The molecule has 1 heterocycles. The van der Waals surface area contributed by atoms with Gasteiger partial charge in [0.05, 0.1) is 0 Å². The van der Waals surface area contributed by atoms with E-state index < -0.39 is 0 Å². The minimum absolute atomic E-state index is 0.311. The fraction of sp³-hybridized carbons (Fsp3) is 0.562. The lowest BCUT2D eigenvalue weighted by molar-refractivity contribution is 0.138. The second-order valence-corrected chi connectivity index (χ2v) is 5.52. The fourth-order valence-corrected chi connectivity index (χ4v) is 2.50. The van der Waals surface area contributed by atoms with E-state index in [2.05, 4.69) is 10.2 Å². The summed E-state index contributed by atoms with van der Waals surface area (Å²) in [6.07, 6.45) is 2.92. The van der Waals surface area contributed by atoms with Crippen LogP contribution in [0.25, 0.3) is 0 Å². The van der Waals surface area contributed by atoms with Crippen molar-refractivity contribution in [3.05, 3.63) is 35.9 Å². The molecule has 0 aromatic heterocycles. The Morgan fingerprint density at radius 3 is 2.90 bits per heavy atom. The number of ether oxygens (including phenoxy) is 1. The zero-order valence-corrected chi connectivity index (χ0v) is 12.5. The largest absolute Gasteiger partial charge is 0.445 e. The van der Waals surface area contributed by atoms with Gasteiger partial charge in [0.1, 0.15) is 6.61 Å². The van der Waals surface area contributed by atoms with Gasteiger partial charge in [-0.05, 0) is 37.9 Å². The van der Waals surface area contributed by atoms with Crippen LogP contribution in [0.1, 0.15) is 24.8 Å². The van der Waals surface area contributed by atoms with Gasteiger partial charge in [-0.1, -0.05) is 30.3 Å². The number of benzene rings is 1. The molecule has 1 aliphatic rings. The van der Waals surface area contributed by atoms with E-state index in [1.165, 1.54) is 0 Å². The van der Waals surface area contributed by atoms with Crippen LogP contribution < -0.4 is 11.1 Å². The van der Waals surface area contributed by atoms with Crippen molar-refractivity contribution in [2.75, 3.05) is 26.2 Å². The van der Waals surface area contributed by atoms with Gasteiger partial charge in [-0.2, -0.15) is 0 Å². The molecule has 0 bridgehead atoms. The molecule has 116 valence electrons. The van der Waals surface area contributed by atoms with E-state index in [9.17, 15) is 4.79 Å². The van der Waals surface area contributed by atoms with Crippen molar-refractivity contribution in [3.63, 3.8) is 0 Å². The van der Waals surface area contributed by atoms with Crippen LogP contribution in [0.3, 0.4) is 0 Å². The summed E-state index contributed by atoms with van der Waals surface area (Å²) in [4.78, 5) is 14.0. The van der Waals surface area contributed by atoms with Gasteiger partial charge < -0.3 is 20.7 Å². The number of nitrogens with zero attached hydrogens (tertiary/aromatic N) is 1. The van der Waals surface area contributed by atoms with Crippen LogP contribution in [0.15, 0.2) is 30.3 Å². The normalized spacial score (nSPS) is 19.8. The van der Waals surface area contributed by atoms with E-state index in [1.807, 2.05) is 30.3 Å². The van der Waals surface area contributed by atoms with E-state index in [1.54, 1.807) is 0 Å². The van der Waals surface area contributed by atoms with E-state index in [-0.39, 0.29) is 6.09 Å². The summed E-state index contributed by atoms with van der Waals surface area (Å²) >= 11 is 0. The first-order valence-electron chi connectivity index (χ1n) is 7.66. The van der Waals surface area contributed by atoms with Gasteiger partial charge in [0.15, 0.2) is 0 Å². The SMILES string of the molecule is N[C@H]1CCCN(CCNC(=O)OCc2ccccc2)CC1. The van der Waals surface area contributed by atoms with Gasteiger partial charge in [-0.25, -0.2) is 4.79 Å². The number of carbonyl (C=O) groups excluding carboxylic acids is 1. The highest BCUT2D eigenvalue weighted by Gasteiger charge is 2.13. The second-order valence-electron chi connectivity index (χ2n) is 5.52. The Hall–Kier alpha value is -1.59. The maximum atomic E-state index is 11.6.